The van der Waals surface area contributed by atoms with E-state index in [0.29, 0.717) is 6.54 Å². The molecule has 0 aliphatic rings. The van der Waals surface area contributed by atoms with Crippen LogP contribution in [0.15, 0.2) is 24.3 Å². The monoisotopic (exact) mass is 250 g/mol. The van der Waals surface area contributed by atoms with Crippen LogP contribution in [0.3, 0.4) is 0 Å². The summed E-state index contributed by atoms with van der Waals surface area (Å²) in [5, 5.41) is 9.80. The van der Waals surface area contributed by atoms with Gasteiger partial charge < -0.3 is 15.7 Å². The zero-order valence-electron chi connectivity index (χ0n) is 11.3. The molecule has 4 nitrogen and oxygen atoms in total. The van der Waals surface area contributed by atoms with Crippen LogP contribution in [0.2, 0.25) is 0 Å². The fourth-order valence-electron chi connectivity index (χ4n) is 1.97. The standard InChI is InChI=1S/C14H22N2O2/c1-4-11(9-15)14(18)16(3)10(2)12-7-5-6-8-13(12)17/h5-8,10-11,17H,4,9,15H2,1-3H3. The predicted octanol–water partition coefficient (Wildman–Crippen LogP) is 1.90. The van der Waals surface area contributed by atoms with Crippen molar-refractivity contribution in [3.63, 3.8) is 0 Å². The van der Waals surface area contributed by atoms with Crippen molar-refractivity contribution in [1.29, 1.82) is 0 Å². The Labute approximate surface area is 108 Å². The van der Waals surface area contributed by atoms with Gasteiger partial charge in [0.15, 0.2) is 0 Å². The SMILES string of the molecule is CCC(CN)C(=O)N(C)C(C)c1ccccc1O. The third-order valence-electron chi connectivity index (χ3n) is 3.44. The molecule has 0 fully saturated rings. The average molecular weight is 250 g/mol. The lowest BCUT2D eigenvalue weighted by Crippen LogP contribution is -2.37. The minimum absolute atomic E-state index is 0.0238. The number of para-hydroxylation sites is 1. The van der Waals surface area contributed by atoms with Crippen LogP contribution in [0.25, 0.3) is 0 Å². The lowest BCUT2D eigenvalue weighted by atomic mass is 10.0. The number of carbonyl (C=O) groups excluding carboxylic acids is 1. The summed E-state index contributed by atoms with van der Waals surface area (Å²) in [6.45, 7) is 4.21. The number of phenols is 1. The highest BCUT2D eigenvalue weighted by atomic mass is 16.3. The van der Waals surface area contributed by atoms with E-state index in [9.17, 15) is 9.90 Å². The number of rotatable bonds is 5. The number of nitrogens with zero attached hydrogens (tertiary/aromatic N) is 1. The third kappa shape index (κ3) is 3.01. The van der Waals surface area contributed by atoms with Crippen LogP contribution < -0.4 is 5.73 Å². The average Bonchev–Trinajstić information content (AvgIpc) is 2.39. The van der Waals surface area contributed by atoms with E-state index >= 15 is 0 Å². The molecule has 3 N–H and O–H groups in total. The highest BCUT2D eigenvalue weighted by molar-refractivity contribution is 5.79. The van der Waals surface area contributed by atoms with E-state index in [4.69, 9.17) is 5.73 Å². The maximum atomic E-state index is 12.2. The van der Waals surface area contributed by atoms with E-state index in [0.717, 1.165) is 12.0 Å². The number of phenolic OH excluding ortho intramolecular Hbond substituents is 1. The second kappa shape index (κ2) is 6.40. The van der Waals surface area contributed by atoms with Gasteiger partial charge in [0.25, 0.3) is 0 Å². The molecule has 0 aliphatic heterocycles. The Kier molecular flexibility index (Phi) is 5.16. The van der Waals surface area contributed by atoms with E-state index in [1.807, 2.05) is 26.0 Å². The summed E-state index contributed by atoms with van der Waals surface area (Å²) in [5.74, 6) is 0.0875. The van der Waals surface area contributed by atoms with Crippen molar-refractivity contribution in [2.75, 3.05) is 13.6 Å². The van der Waals surface area contributed by atoms with Crippen LogP contribution in [0.4, 0.5) is 0 Å². The first-order valence-corrected chi connectivity index (χ1v) is 6.27. The van der Waals surface area contributed by atoms with E-state index < -0.39 is 0 Å². The predicted molar refractivity (Wildman–Crippen MR) is 72.1 cm³/mol. The van der Waals surface area contributed by atoms with Crippen molar-refractivity contribution in [1.82, 2.24) is 4.90 Å². The van der Waals surface area contributed by atoms with Crippen LogP contribution in [0.1, 0.15) is 31.9 Å². The van der Waals surface area contributed by atoms with Gasteiger partial charge in [0.2, 0.25) is 5.91 Å². The number of hydrogen-bond acceptors (Lipinski definition) is 3. The lowest BCUT2D eigenvalue weighted by Gasteiger charge is -2.29. The first kappa shape index (κ1) is 14.5. The van der Waals surface area contributed by atoms with Gasteiger partial charge in [-0.2, -0.15) is 0 Å². The summed E-state index contributed by atoms with van der Waals surface area (Å²) in [4.78, 5) is 13.8. The Hall–Kier alpha value is -1.55. The van der Waals surface area contributed by atoms with Gasteiger partial charge in [-0.1, -0.05) is 25.1 Å². The zero-order chi connectivity index (χ0) is 13.7. The quantitative estimate of drug-likeness (QED) is 0.838. The maximum absolute atomic E-state index is 12.2. The molecule has 4 heteroatoms. The number of carbonyl (C=O) groups is 1. The van der Waals surface area contributed by atoms with Crippen LogP contribution in [0.5, 0.6) is 5.75 Å². The maximum Gasteiger partial charge on any atom is 0.227 e. The summed E-state index contributed by atoms with van der Waals surface area (Å²) in [6, 6.07) is 6.91. The lowest BCUT2D eigenvalue weighted by molar-refractivity contribution is -0.135. The Balaban J connectivity index is 2.87. The zero-order valence-corrected chi connectivity index (χ0v) is 11.3. The van der Waals surface area contributed by atoms with Gasteiger partial charge in [0, 0.05) is 19.2 Å². The normalized spacial score (nSPS) is 14.0. The molecule has 1 rings (SSSR count). The molecule has 0 heterocycles. The molecule has 0 radical (unpaired) electrons. The first-order chi connectivity index (χ1) is 8.52. The summed E-state index contributed by atoms with van der Waals surface area (Å²) >= 11 is 0. The number of amides is 1. The molecule has 0 aromatic heterocycles. The van der Waals surface area contributed by atoms with E-state index in [2.05, 4.69) is 0 Å². The van der Waals surface area contributed by atoms with Crippen LogP contribution >= 0.6 is 0 Å². The molecule has 1 aromatic rings. The topological polar surface area (TPSA) is 66.6 Å². The summed E-state index contributed by atoms with van der Waals surface area (Å²) in [5.41, 5.74) is 6.34. The van der Waals surface area contributed by atoms with Crippen molar-refractivity contribution in [2.24, 2.45) is 11.7 Å². The fraction of sp³-hybridized carbons (Fsp3) is 0.500. The molecular formula is C14H22N2O2. The van der Waals surface area contributed by atoms with Gasteiger partial charge in [-0.3, -0.25) is 4.79 Å². The van der Waals surface area contributed by atoms with Gasteiger partial charge in [-0.05, 0) is 19.4 Å². The fourth-order valence-corrected chi connectivity index (χ4v) is 1.97. The highest BCUT2D eigenvalue weighted by Crippen LogP contribution is 2.28. The van der Waals surface area contributed by atoms with E-state index in [-0.39, 0.29) is 23.6 Å². The van der Waals surface area contributed by atoms with Crippen LogP contribution in [0, 0.1) is 5.92 Å². The van der Waals surface area contributed by atoms with Gasteiger partial charge in [0.1, 0.15) is 5.75 Å². The number of benzene rings is 1. The molecule has 1 aromatic carbocycles. The minimum atomic E-state index is -0.167. The summed E-state index contributed by atoms with van der Waals surface area (Å²) < 4.78 is 0. The molecule has 100 valence electrons. The molecule has 0 bridgehead atoms. The van der Waals surface area contributed by atoms with Gasteiger partial charge in [-0.25, -0.2) is 0 Å². The van der Waals surface area contributed by atoms with Crippen molar-refractivity contribution in [2.45, 2.75) is 26.3 Å². The van der Waals surface area contributed by atoms with Crippen molar-refractivity contribution in [3.05, 3.63) is 29.8 Å². The van der Waals surface area contributed by atoms with Crippen molar-refractivity contribution < 1.29 is 9.90 Å². The summed E-state index contributed by atoms with van der Waals surface area (Å²) in [7, 11) is 1.75. The van der Waals surface area contributed by atoms with Gasteiger partial charge in [0.05, 0.1) is 12.0 Å². The Morgan fingerprint density at radius 3 is 2.56 bits per heavy atom. The molecule has 0 aliphatic carbocycles. The molecule has 0 saturated carbocycles. The highest BCUT2D eigenvalue weighted by Gasteiger charge is 2.24. The van der Waals surface area contributed by atoms with Gasteiger partial charge in [-0.15, -0.1) is 0 Å². The molecule has 2 atom stereocenters. The largest absolute Gasteiger partial charge is 0.508 e. The Morgan fingerprint density at radius 2 is 2.06 bits per heavy atom. The number of aromatic hydroxyl groups is 1. The molecular weight excluding hydrogens is 228 g/mol. The third-order valence-corrected chi connectivity index (χ3v) is 3.44. The molecule has 0 saturated heterocycles. The molecule has 18 heavy (non-hydrogen) atoms. The molecule has 1 amide bonds. The van der Waals surface area contributed by atoms with E-state index in [1.54, 1.807) is 24.1 Å². The van der Waals surface area contributed by atoms with Crippen LogP contribution in [-0.4, -0.2) is 29.5 Å². The van der Waals surface area contributed by atoms with Crippen LogP contribution in [-0.2, 0) is 4.79 Å². The van der Waals surface area contributed by atoms with Crippen molar-refractivity contribution >= 4 is 5.91 Å². The Bertz CT molecular complexity index is 403. The molecule has 2 unspecified atom stereocenters. The van der Waals surface area contributed by atoms with Crippen molar-refractivity contribution in [3.8, 4) is 5.75 Å². The molecule has 0 spiro atoms. The van der Waals surface area contributed by atoms with Gasteiger partial charge >= 0.3 is 0 Å². The second-order valence-electron chi connectivity index (χ2n) is 4.52. The number of nitrogens with two attached hydrogens (primary N) is 1. The number of hydrogen-bond donors (Lipinski definition) is 2. The summed E-state index contributed by atoms with van der Waals surface area (Å²) in [6.07, 6.45) is 0.729. The second-order valence-corrected chi connectivity index (χ2v) is 4.52. The minimum Gasteiger partial charge on any atom is -0.508 e. The first-order valence-electron chi connectivity index (χ1n) is 6.27. The Morgan fingerprint density at radius 1 is 1.44 bits per heavy atom. The van der Waals surface area contributed by atoms with E-state index in [1.165, 1.54) is 0 Å². The smallest absolute Gasteiger partial charge is 0.227 e.